The van der Waals surface area contributed by atoms with Gasteiger partial charge in [-0.2, -0.15) is 4.98 Å². The van der Waals surface area contributed by atoms with E-state index in [0.717, 1.165) is 0 Å². The highest BCUT2D eigenvalue weighted by Gasteiger charge is 2.55. The molecule has 9 nitrogen and oxygen atoms in total. The standard InChI is InChI=1S/C14H20N4O5/c1-6-5-18(9-7(6)10(20)17-13(15)16-9)12-14(2,22-4)8(19)11(21-3)23-12/h5,8,11-12,19H,1-4H3,(H3,15,16,17,20)/t8?,11-,12+,14?/m0/s1. The average molecular weight is 324 g/mol. The maximum atomic E-state index is 12.1. The number of aliphatic hydroxyl groups excluding tert-OH is 1. The van der Waals surface area contributed by atoms with E-state index in [1.54, 1.807) is 24.6 Å². The molecule has 1 aliphatic rings. The van der Waals surface area contributed by atoms with Crippen molar-refractivity contribution < 1.29 is 19.3 Å². The molecule has 2 aromatic rings. The highest BCUT2D eigenvalue weighted by molar-refractivity contribution is 5.80. The van der Waals surface area contributed by atoms with E-state index in [4.69, 9.17) is 19.9 Å². The Morgan fingerprint density at radius 1 is 1.52 bits per heavy atom. The van der Waals surface area contributed by atoms with Crippen molar-refractivity contribution in [2.45, 2.75) is 38.1 Å². The highest BCUT2D eigenvalue weighted by Crippen LogP contribution is 2.42. The Hall–Kier alpha value is -1.94. The molecule has 0 aliphatic carbocycles. The zero-order chi connectivity index (χ0) is 16.9. The van der Waals surface area contributed by atoms with E-state index in [1.807, 2.05) is 0 Å². The van der Waals surface area contributed by atoms with Crippen LogP contribution >= 0.6 is 0 Å². The van der Waals surface area contributed by atoms with E-state index in [1.165, 1.54) is 14.2 Å². The number of anilines is 1. The minimum absolute atomic E-state index is 0.00260. The van der Waals surface area contributed by atoms with Gasteiger partial charge in [-0.3, -0.25) is 9.78 Å². The van der Waals surface area contributed by atoms with Crippen LogP contribution in [0.3, 0.4) is 0 Å². The van der Waals surface area contributed by atoms with Crippen molar-refractivity contribution in [1.82, 2.24) is 14.5 Å². The highest BCUT2D eigenvalue weighted by atomic mass is 16.7. The second-order valence-electron chi connectivity index (χ2n) is 5.79. The van der Waals surface area contributed by atoms with E-state index in [9.17, 15) is 9.90 Å². The molecule has 1 saturated heterocycles. The van der Waals surface area contributed by atoms with Gasteiger partial charge >= 0.3 is 0 Å². The third kappa shape index (κ3) is 2.16. The number of nitrogen functional groups attached to an aromatic ring is 1. The summed E-state index contributed by atoms with van der Waals surface area (Å²) in [6.07, 6.45) is -0.891. The summed E-state index contributed by atoms with van der Waals surface area (Å²) in [5, 5.41) is 10.8. The Balaban J connectivity index is 2.22. The van der Waals surface area contributed by atoms with Crippen LogP contribution in [0.1, 0.15) is 18.7 Å². The molecule has 0 aromatic carbocycles. The van der Waals surface area contributed by atoms with E-state index < -0.39 is 24.2 Å². The zero-order valence-corrected chi connectivity index (χ0v) is 13.4. The summed E-state index contributed by atoms with van der Waals surface area (Å²) >= 11 is 0. The second kappa shape index (κ2) is 5.31. The number of hydrogen-bond donors (Lipinski definition) is 3. The fourth-order valence-corrected chi connectivity index (χ4v) is 3.03. The van der Waals surface area contributed by atoms with E-state index in [2.05, 4.69) is 9.97 Å². The number of aromatic amines is 1. The minimum atomic E-state index is -1.09. The molecule has 23 heavy (non-hydrogen) atoms. The lowest BCUT2D eigenvalue weighted by Gasteiger charge is -2.31. The molecule has 4 N–H and O–H groups in total. The van der Waals surface area contributed by atoms with Gasteiger partial charge in [-0.25, -0.2) is 0 Å². The van der Waals surface area contributed by atoms with Crippen LogP contribution in [0.5, 0.6) is 0 Å². The molecule has 0 radical (unpaired) electrons. The molecular formula is C14H20N4O5. The van der Waals surface area contributed by atoms with Gasteiger partial charge in [0, 0.05) is 20.4 Å². The maximum Gasteiger partial charge on any atom is 0.262 e. The lowest BCUT2D eigenvalue weighted by molar-refractivity contribution is -0.160. The van der Waals surface area contributed by atoms with Crippen LogP contribution in [0.15, 0.2) is 11.0 Å². The van der Waals surface area contributed by atoms with Crippen LogP contribution in [-0.4, -0.2) is 51.9 Å². The van der Waals surface area contributed by atoms with Gasteiger partial charge < -0.3 is 29.6 Å². The summed E-state index contributed by atoms with van der Waals surface area (Å²) in [4.78, 5) is 18.8. The molecule has 1 fully saturated rings. The van der Waals surface area contributed by atoms with Gasteiger partial charge in [-0.15, -0.1) is 0 Å². The van der Waals surface area contributed by atoms with E-state index in [-0.39, 0.29) is 11.5 Å². The number of aromatic nitrogens is 3. The summed E-state index contributed by atoms with van der Waals surface area (Å²) in [5.74, 6) is 0.00260. The maximum absolute atomic E-state index is 12.1. The summed E-state index contributed by atoms with van der Waals surface area (Å²) < 4.78 is 18.1. The molecule has 0 bridgehead atoms. The molecule has 2 aromatic heterocycles. The quantitative estimate of drug-likeness (QED) is 0.719. The summed E-state index contributed by atoms with van der Waals surface area (Å²) in [7, 11) is 2.91. The molecule has 1 aliphatic heterocycles. The first-order valence-corrected chi connectivity index (χ1v) is 7.12. The average Bonchev–Trinajstić information content (AvgIpc) is 2.95. The number of nitrogens with one attached hydrogen (secondary N) is 1. The van der Waals surface area contributed by atoms with E-state index >= 15 is 0 Å². The van der Waals surface area contributed by atoms with Crippen molar-refractivity contribution >= 4 is 17.0 Å². The van der Waals surface area contributed by atoms with Crippen molar-refractivity contribution in [2.24, 2.45) is 0 Å². The Kier molecular flexibility index (Phi) is 3.68. The molecular weight excluding hydrogens is 304 g/mol. The van der Waals surface area contributed by atoms with Crippen LogP contribution in [0.25, 0.3) is 11.0 Å². The topological polar surface area (TPSA) is 125 Å². The van der Waals surface area contributed by atoms with Gasteiger partial charge in [-0.1, -0.05) is 0 Å². The Labute approximate surface area is 132 Å². The fraction of sp³-hybridized carbons (Fsp3) is 0.571. The number of nitrogens with two attached hydrogens (primary N) is 1. The molecule has 0 saturated carbocycles. The van der Waals surface area contributed by atoms with Gasteiger partial charge in [0.2, 0.25) is 5.95 Å². The molecule has 126 valence electrons. The molecule has 2 unspecified atom stereocenters. The van der Waals surface area contributed by atoms with Crippen LogP contribution < -0.4 is 11.3 Å². The lowest BCUT2D eigenvalue weighted by Crippen LogP contribution is -2.45. The number of ether oxygens (including phenoxy) is 3. The summed E-state index contributed by atoms with van der Waals surface area (Å²) in [6.45, 7) is 3.49. The number of hydrogen-bond acceptors (Lipinski definition) is 7. The number of nitrogens with zero attached hydrogens (tertiary/aromatic N) is 2. The normalized spacial score (nSPS) is 31.1. The zero-order valence-electron chi connectivity index (χ0n) is 13.4. The minimum Gasteiger partial charge on any atom is -0.385 e. The number of aliphatic hydroxyl groups is 1. The Morgan fingerprint density at radius 2 is 2.22 bits per heavy atom. The SMILES string of the molecule is CO[C@H]1O[C@@H](n2cc(C)c3c(=O)[nH]c(N)nc32)C(C)(OC)C1O. The third-order valence-electron chi connectivity index (χ3n) is 4.41. The van der Waals surface area contributed by atoms with Crippen molar-refractivity contribution in [3.63, 3.8) is 0 Å². The molecule has 9 heteroatoms. The molecule has 0 amide bonds. The van der Waals surface area contributed by atoms with E-state index in [0.29, 0.717) is 16.6 Å². The van der Waals surface area contributed by atoms with Crippen LogP contribution in [0.2, 0.25) is 0 Å². The van der Waals surface area contributed by atoms with Gasteiger partial charge in [-0.05, 0) is 19.4 Å². The van der Waals surface area contributed by atoms with Crippen molar-refractivity contribution in [3.8, 4) is 0 Å². The van der Waals surface area contributed by atoms with Crippen molar-refractivity contribution in [3.05, 3.63) is 22.1 Å². The molecule has 3 rings (SSSR count). The Morgan fingerprint density at radius 3 is 2.83 bits per heavy atom. The van der Waals surface area contributed by atoms with Crippen LogP contribution in [0, 0.1) is 6.92 Å². The number of fused-ring (bicyclic) bond motifs is 1. The smallest absolute Gasteiger partial charge is 0.262 e. The fourth-order valence-electron chi connectivity index (χ4n) is 3.03. The van der Waals surface area contributed by atoms with Gasteiger partial charge in [0.15, 0.2) is 18.2 Å². The number of methoxy groups -OCH3 is 2. The first-order chi connectivity index (χ1) is 10.8. The number of aryl methyl sites for hydroxylation is 1. The predicted octanol–water partition coefficient (Wildman–Crippen LogP) is -0.117. The predicted molar refractivity (Wildman–Crippen MR) is 81.8 cm³/mol. The van der Waals surface area contributed by atoms with Crippen LogP contribution in [0.4, 0.5) is 5.95 Å². The van der Waals surface area contributed by atoms with Crippen molar-refractivity contribution in [1.29, 1.82) is 0 Å². The summed E-state index contributed by atoms with van der Waals surface area (Å²) in [5.41, 5.74) is 5.32. The molecule has 0 spiro atoms. The first-order valence-electron chi connectivity index (χ1n) is 7.12. The molecule has 3 heterocycles. The second-order valence-corrected chi connectivity index (χ2v) is 5.79. The van der Waals surface area contributed by atoms with Gasteiger partial charge in [0.25, 0.3) is 5.56 Å². The van der Waals surface area contributed by atoms with Gasteiger partial charge in [0.05, 0.1) is 5.39 Å². The summed E-state index contributed by atoms with van der Waals surface area (Å²) in [6, 6.07) is 0. The van der Waals surface area contributed by atoms with Gasteiger partial charge in [0.1, 0.15) is 11.7 Å². The lowest BCUT2D eigenvalue weighted by atomic mass is 9.99. The first kappa shape index (κ1) is 15.9. The van der Waals surface area contributed by atoms with Crippen molar-refractivity contribution in [2.75, 3.05) is 20.0 Å². The Bertz CT molecular complexity index is 800. The third-order valence-corrected chi connectivity index (χ3v) is 4.41. The number of H-pyrrole nitrogens is 1. The van der Waals surface area contributed by atoms with Crippen LogP contribution in [-0.2, 0) is 14.2 Å². The monoisotopic (exact) mass is 324 g/mol. The largest absolute Gasteiger partial charge is 0.385 e. The number of rotatable bonds is 3. The molecule has 4 atom stereocenters.